The molecule has 2 atom stereocenters. The quantitative estimate of drug-likeness (QED) is 0.558. The minimum absolute atomic E-state index is 0.0316. The van der Waals surface area contributed by atoms with Crippen molar-refractivity contribution in [3.8, 4) is 5.69 Å². The molecule has 3 fully saturated rings. The van der Waals surface area contributed by atoms with Gasteiger partial charge in [0.2, 0.25) is 5.91 Å². The average molecular weight is 474 g/mol. The van der Waals surface area contributed by atoms with Crippen LogP contribution in [-0.2, 0) is 25.0 Å². The topological polar surface area (TPSA) is 147 Å². The molecule has 33 heavy (non-hydrogen) atoms. The Labute approximate surface area is 189 Å². The molecule has 2 saturated heterocycles. The number of rotatable bonds is 6. The number of benzene rings is 1. The van der Waals surface area contributed by atoms with Gasteiger partial charge in [0.15, 0.2) is 9.84 Å². The molecule has 1 aromatic carbocycles. The lowest BCUT2D eigenvalue weighted by atomic mass is 9.91. The number of aromatic nitrogens is 4. The fraction of sp³-hybridized carbons (Fsp3) is 0.500. The molecule has 174 valence electrons. The lowest BCUT2D eigenvalue weighted by Crippen LogP contribution is -2.49. The lowest BCUT2D eigenvalue weighted by molar-refractivity contribution is -0.140. The van der Waals surface area contributed by atoms with Crippen molar-refractivity contribution in [3.63, 3.8) is 0 Å². The third kappa shape index (κ3) is 3.86. The summed E-state index contributed by atoms with van der Waals surface area (Å²) < 4.78 is 25.3. The maximum Gasteiger partial charge on any atom is 0.325 e. The first-order valence-electron chi connectivity index (χ1n) is 10.7. The van der Waals surface area contributed by atoms with Crippen molar-refractivity contribution in [2.45, 2.75) is 43.8 Å². The third-order valence-corrected chi connectivity index (χ3v) is 8.19. The van der Waals surface area contributed by atoms with Gasteiger partial charge in [-0.05, 0) is 54.3 Å². The highest BCUT2D eigenvalue weighted by atomic mass is 32.2. The number of tetrazole rings is 1. The fourth-order valence-corrected chi connectivity index (χ4v) is 6.26. The summed E-state index contributed by atoms with van der Waals surface area (Å²) in [5, 5.41) is 13.7. The van der Waals surface area contributed by atoms with Crippen LogP contribution in [0, 0.1) is 0 Å². The highest BCUT2D eigenvalue weighted by molar-refractivity contribution is 7.91. The highest BCUT2D eigenvalue weighted by Crippen LogP contribution is 2.34. The van der Waals surface area contributed by atoms with Gasteiger partial charge in [0.1, 0.15) is 18.4 Å². The van der Waals surface area contributed by atoms with Crippen LogP contribution in [0.3, 0.4) is 0 Å². The number of amides is 4. The number of urea groups is 1. The molecule has 12 nitrogen and oxygen atoms in total. The molecule has 13 heteroatoms. The fourth-order valence-electron chi connectivity index (χ4n) is 4.55. The van der Waals surface area contributed by atoms with Gasteiger partial charge >= 0.3 is 6.03 Å². The minimum atomic E-state index is -3.18. The highest BCUT2D eigenvalue weighted by Gasteiger charge is 2.51. The van der Waals surface area contributed by atoms with E-state index in [9.17, 15) is 22.8 Å². The number of carbonyl (C=O) groups is 3. The Bertz CT molecular complexity index is 1230. The summed E-state index contributed by atoms with van der Waals surface area (Å²) in [4.78, 5) is 41.7. The number of sulfone groups is 1. The van der Waals surface area contributed by atoms with E-state index >= 15 is 0 Å². The van der Waals surface area contributed by atoms with Crippen molar-refractivity contribution in [3.05, 3.63) is 36.2 Å². The van der Waals surface area contributed by atoms with Crippen LogP contribution >= 0.6 is 0 Å². The van der Waals surface area contributed by atoms with Gasteiger partial charge in [-0.2, -0.15) is 0 Å². The molecule has 1 aliphatic carbocycles. The molecule has 3 heterocycles. The second-order valence-corrected chi connectivity index (χ2v) is 11.1. The van der Waals surface area contributed by atoms with E-state index in [-0.39, 0.29) is 17.5 Å². The standard InChI is InChI=1S/C20H23N7O5S/c1-20(13-3-2-4-15(9-13)26-12-21-23-24-26)18(29)25(19(30)22-20)10-17(28)27(14-5-6-14)16-7-8-33(31,32)11-16/h2-4,9,12,14,16H,5-8,10-11H2,1H3,(H,22,30)/t16-,20+/m1/s1. The maximum absolute atomic E-state index is 13.3. The van der Waals surface area contributed by atoms with Crippen LogP contribution in [0.4, 0.5) is 4.79 Å². The number of hydrogen-bond acceptors (Lipinski definition) is 8. The molecule has 0 unspecified atom stereocenters. The summed E-state index contributed by atoms with van der Waals surface area (Å²) in [5.41, 5.74) is -0.245. The molecular weight excluding hydrogens is 450 g/mol. The molecule has 1 aromatic heterocycles. The first-order chi connectivity index (χ1) is 15.7. The van der Waals surface area contributed by atoms with Crippen LogP contribution < -0.4 is 5.32 Å². The summed E-state index contributed by atoms with van der Waals surface area (Å²) in [6.45, 7) is 1.15. The van der Waals surface area contributed by atoms with Crippen LogP contribution in [0.5, 0.6) is 0 Å². The van der Waals surface area contributed by atoms with Gasteiger partial charge in [-0.15, -0.1) is 5.10 Å². The molecule has 0 bridgehead atoms. The van der Waals surface area contributed by atoms with E-state index in [2.05, 4.69) is 20.8 Å². The smallest absolute Gasteiger partial charge is 0.325 e. The van der Waals surface area contributed by atoms with E-state index in [0.717, 1.165) is 17.7 Å². The van der Waals surface area contributed by atoms with Gasteiger partial charge in [0, 0.05) is 12.1 Å². The van der Waals surface area contributed by atoms with Crippen molar-refractivity contribution < 1.29 is 22.8 Å². The molecule has 4 amide bonds. The number of nitrogens with zero attached hydrogens (tertiary/aromatic N) is 6. The van der Waals surface area contributed by atoms with Crippen LogP contribution in [0.1, 0.15) is 31.7 Å². The van der Waals surface area contributed by atoms with Crippen LogP contribution in [0.2, 0.25) is 0 Å². The zero-order valence-electron chi connectivity index (χ0n) is 17.9. The molecule has 1 saturated carbocycles. The summed E-state index contributed by atoms with van der Waals surface area (Å²) in [5.74, 6) is -0.983. The van der Waals surface area contributed by atoms with Crippen LogP contribution in [0.15, 0.2) is 30.6 Å². The summed E-state index contributed by atoms with van der Waals surface area (Å²) in [7, 11) is -3.18. The second-order valence-electron chi connectivity index (χ2n) is 8.84. The Morgan fingerprint density at radius 2 is 2.03 bits per heavy atom. The number of imide groups is 1. The number of carbonyl (C=O) groups excluding carboxylic acids is 3. The average Bonchev–Trinajstić information content (AvgIpc) is 3.23. The molecule has 5 rings (SSSR count). The van der Waals surface area contributed by atoms with Gasteiger partial charge in [0.05, 0.1) is 17.2 Å². The van der Waals surface area contributed by atoms with Crippen molar-refractivity contribution >= 4 is 27.7 Å². The summed E-state index contributed by atoms with van der Waals surface area (Å²) in [6, 6.07) is 5.77. The van der Waals surface area contributed by atoms with Crippen LogP contribution in [0.25, 0.3) is 5.69 Å². The van der Waals surface area contributed by atoms with Gasteiger partial charge in [-0.1, -0.05) is 12.1 Å². The van der Waals surface area contributed by atoms with Crippen molar-refractivity contribution in [1.29, 1.82) is 0 Å². The van der Waals surface area contributed by atoms with Crippen molar-refractivity contribution in [2.75, 3.05) is 18.1 Å². The molecule has 1 N–H and O–H groups in total. The first-order valence-corrected chi connectivity index (χ1v) is 12.5. The molecule has 0 spiro atoms. The van der Waals surface area contributed by atoms with Gasteiger partial charge in [-0.3, -0.25) is 14.5 Å². The molecule has 3 aliphatic rings. The minimum Gasteiger partial charge on any atom is -0.334 e. The van der Waals surface area contributed by atoms with Gasteiger partial charge < -0.3 is 10.2 Å². The zero-order chi connectivity index (χ0) is 23.4. The normalized spacial score (nSPS) is 26.5. The lowest BCUT2D eigenvalue weighted by Gasteiger charge is -2.30. The van der Waals surface area contributed by atoms with E-state index in [1.54, 1.807) is 36.1 Å². The zero-order valence-corrected chi connectivity index (χ0v) is 18.7. The number of nitrogens with one attached hydrogen (secondary N) is 1. The third-order valence-electron chi connectivity index (χ3n) is 6.44. The molecule has 2 aliphatic heterocycles. The molecule has 2 aromatic rings. The predicted molar refractivity (Wildman–Crippen MR) is 114 cm³/mol. The molecular formula is C20H23N7O5S. The SMILES string of the molecule is C[C@@]1(c2cccc(-n3cnnn3)c2)NC(=O)N(CC(=O)N(C2CC2)[C@@H]2CCS(=O)(=O)C2)C1=O. The Kier molecular flexibility index (Phi) is 4.96. The van der Waals surface area contributed by atoms with E-state index in [0.29, 0.717) is 17.7 Å². The van der Waals surface area contributed by atoms with E-state index in [1.807, 2.05) is 0 Å². The largest absolute Gasteiger partial charge is 0.334 e. The number of hydrogen-bond donors (Lipinski definition) is 1. The Hall–Kier alpha value is -3.35. The predicted octanol–water partition coefficient (Wildman–Crippen LogP) is -0.393. The van der Waals surface area contributed by atoms with E-state index in [1.165, 1.54) is 11.0 Å². The Morgan fingerprint density at radius 1 is 1.24 bits per heavy atom. The second kappa shape index (κ2) is 7.61. The van der Waals surface area contributed by atoms with Gasteiger partial charge in [0.25, 0.3) is 5.91 Å². The van der Waals surface area contributed by atoms with Crippen molar-refractivity contribution in [2.24, 2.45) is 0 Å². The summed E-state index contributed by atoms with van der Waals surface area (Å²) in [6.07, 6.45) is 3.39. The first kappa shape index (κ1) is 21.5. The Morgan fingerprint density at radius 3 is 2.67 bits per heavy atom. The van der Waals surface area contributed by atoms with E-state index < -0.39 is 45.8 Å². The Balaban J connectivity index is 1.36. The monoisotopic (exact) mass is 473 g/mol. The van der Waals surface area contributed by atoms with Crippen molar-refractivity contribution in [1.82, 2.24) is 35.3 Å². The van der Waals surface area contributed by atoms with Crippen LogP contribution in [-0.4, -0.2) is 86.4 Å². The van der Waals surface area contributed by atoms with E-state index in [4.69, 9.17) is 0 Å². The molecule has 0 radical (unpaired) electrons. The van der Waals surface area contributed by atoms with Gasteiger partial charge in [-0.25, -0.2) is 17.9 Å². The maximum atomic E-state index is 13.3. The summed E-state index contributed by atoms with van der Waals surface area (Å²) >= 11 is 0.